The first-order valence-electron chi connectivity index (χ1n) is 6.91. The largest absolute Gasteiger partial charge is 0.545 e. The van der Waals surface area contributed by atoms with Crippen molar-refractivity contribution < 1.29 is 9.90 Å². The average Bonchev–Trinajstić information content (AvgIpc) is 2.88. The summed E-state index contributed by atoms with van der Waals surface area (Å²) in [6.45, 7) is 0. The number of nitrogens with zero attached hydrogens (tertiary/aromatic N) is 1. The zero-order chi connectivity index (χ0) is 15.1. The van der Waals surface area contributed by atoms with Crippen molar-refractivity contribution in [1.82, 2.24) is 0 Å². The van der Waals surface area contributed by atoms with E-state index in [9.17, 15) is 9.90 Å². The van der Waals surface area contributed by atoms with Gasteiger partial charge < -0.3 is 15.2 Å². The van der Waals surface area contributed by atoms with Gasteiger partial charge in [0.15, 0.2) is 0 Å². The Morgan fingerprint density at radius 1 is 0.955 bits per heavy atom. The van der Waals surface area contributed by atoms with E-state index in [1.165, 1.54) is 12.1 Å². The number of hydrogen-bond donors (Lipinski definition) is 1. The highest BCUT2D eigenvalue weighted by Crippen LogP contribution is 2.35. The Hall–Kier alpha value is -3.14. The number of carboxylic acids is 1. The first-order chi connectivity index (χ1) is 10.7. The minimum atomic E-state index is -1.18. The Kier molecular flexibility index (Phi) is 2.69. The zero-order valence-electron chi connectivity index (χ0n) is 11.5. The molecule has 0 spiro atoms. The maximum Gasteiger partial charge on any atom is 0.139 e. The number of carboxylic acid groups (broad SMARTS) is 1. The Balaban J connectivity index is 1.71. The number of anilines is 1. The summed E-state index contributed by atoms with van der Waals surface area (Å²) in [4.78, 5) is 15.4. The number of hydrogen-bond acceptors (Lipinski definition) is 4. The molecule has 0 saturated heterocycles. The van der Waals surface area contributed by atoms with Crippen molar-refractivity contribution >= 4 is 34.0 Å². The van der Waals surface area contributed by atoms with Gasteiger partial charge >= 0.3 is 0 Å². The van der Waals surface area contributed by atoms with Gasteiger partial charge in [0.2, 0.25) is 0 Å². The molecule has 0 aromatic heterocycles. The van der Waals surface area contributed by atoms with Gasteiger partial charge in [-0.3, -0.25) is 0 Å². The molecule has 3 aromatic carbocycles. The molecule has 0 bridgehead atoms. The molecule has 0 atom stereocenters. The number of amidine groups is 1. The lowest BCUT2D eigenvalue weighted by molar-refractivity contribution is -0.255. The van der Waals surface area contributed by atoms with Crippen LogP contribution in [0, 0.1) is 0 Å². The summed E-state index contributed by atoms with van der Waals surface area (Å²) in [5.74, 6) is -0.407. The van der Waals surface area contributed by atoms with Gasteiger partial charge in [0.1, 0.15) is 5.84 Å². The number of carbonyl (C=O) groups excluding carboxylic acids is 1. The van der Waals surface area contributed by atoms with Gasteiger partial charge in [-0.25, -0.2) is 4.99 Å². The molecule has 0 fully saturated rings. The van der Waals surface area contributed by atoms with Gasteiger partial charge in [-0.2, -0.15) is 0 Å². The number of aromatic carboxylic acids is 1. The van der Waals surface area contributed by atoms with Gasteiger partial charge in [-0.15, -0.1) is 0 Å². The first kappa shape index (κ1) is 12.6. The van der Waals surface area contributed by atoms with Gasteiger partial charge in [0, 0.05) is 16.6 Å². The highest BCUT2D eigenvalue weighted by atomic mass is 16.4. The van der Waals surface area contributed by atoms with E-state index in [-0.39, 0.29) is 5.56 Å². The molecule has 0 unspecified atom stereocenters. The third kappa shape index (κ3) is 1.93. The predicted octanol–water partition coefficient (Wildman–Crippen LogP) is 2.71. The molecule has 0 aliphatic carbocycles. The van der Waals surface area contributed by atoms with Crippen LogP contribution >= 0.6 is 0 Å². The van der Waals surface area contributed by atoms with Crippen molar-refractivity contribution in [2.45, 2.75) is 0 Å². The summed E-state index contributed by atoms with van der Waals surface area (Å²) in [5.41, 5.74) is 2.94. The zero-order valence-corrected chi connectivity index (χ0v) is 11.5. The van der Waals surface area contributed by atoms with Crippen LogP contribution in [-0.4, -0.2) is 11.8 Å². The van der Waals surface area contributed by atoms with Crippen LogP contribution in [-0.2, 0) is 0 Å². The van der Waals surface area contributed by atoms with Crippen molar-refractivity contribution in [3.8, 4) is 0 Å². The molecular weight excluding hydrogens is 276 g/mol. The SMILES string of the molecule is O=C([O-])c1ccc(NC2=Nc3cccc4cccc2c34)cc1. The van der Waals surface area contributed by atoms with Gasteiger partial charge in [0.05, 0.1) is 11.7 Å². The van der Waals surface area contributed by atoms with Crippen LogP contribution in [0.5, 0.6) is 0 Å². The van der Waals surface area contributed by atoms with Crippen LogP contribution in [0.25, 0.3) is 10.8 Å². The maximum absolute atomic E-state index is 10.8. The lowest BCUT2D eigenvalue weighted by Gasteiger charge is -2.09. The van der Waals surface area contributed by atoms with Crippen molar-refractivity contribution in [1.29, 1.82) is 0 Å². The minimum absolute atomic E-state index is 0.157. The fraction of sp³-hybridized carbons (Fsp3) is 0. The molecule has 4 nitrogen and oxygen atoms in total. The summed E-state index contributed by atoms with van der Waals surface area (Å²) in [5, 5.41) is 16.3. The number of carbonyl (C=O) groups is 1. The molecule has 4 heteroatoms. The van der Waals surface area contributed by atoms with E-state index in [0.29, 0.717) is 0 Å². The maximum atomic E-state index is 10.8. The lowest BCUT2D eigenvalue weighted by Crippen LogP contribution is -2.22. The fourth-order valence-electron chi connectivity index (χ4n) is 2.71. The van der Waals surface area contributed by atoms with E-state index in [2.05, 4.69) is 22.4 Å². The normalized spacial score (nSPS) is 12.3. The average molecular weight is 287 g/mol. The van der Waals surface area contributed by atoms with Gasteiger partial charge in [-0.1, -0.05) is 42.5 Å². The van der Waals surface area contributed by atoms with Crippen LogP contribution in [0.1, 0.15) is 15.9 Å². The molecule has 106 valence electrons. The van der Waals surface area contributed by atoms with E-state index < -0.39 is 5.97 Å². The van der Waals surface area contributed by atoms with E-state index in [4.69, 9.17) is 0 Å². The van der Waals surface area contributed by atoms with Gasteiger partial charge in [-0.05, 0) is 29.1 Å². The second-order valence-corrected chi connectivity index (χ2v) is 5.13. The second kappa shape index (κ2) is 4.70. The molecule has 4 rings (SSSR count). The summed E-state index contributed by atoms with van der Waals surface area (Å²) in [6.07, 6.45) is 0. The summed E-state index contributed by atoms with van der Waals surface area (Å²) in [6, 6.07) is 18.6. The molecular formula is C18H11N2O2-. The van der Waals surface area contributed by atoms with Crippen molar-refractivity contribution in [2.24, 2.45) is 4.99 Å². The highest BCUT2D eigenvalue weighted by molar-refractivity contribution is 6.23. The molecule has 3 aromatic rings. The van der Waals surface area contributed by atoms with Crippen LogP contribution in [0.15, 0.2) is 65.7 Å². The summed E-state index contributed by atoms with van der Waals surface area (Å²) in [7, 11) is 0. The van der Waals surface area contributed by atoms with Crippen molar-refractivity contribution in [3.63, 3.8) is 0 Å². The quantitative estimate of drug-likeness (QED) is 0.788. The Morgan fingerprint density at radius 2 is 1.68 bits per heavy atom. The fourth-order valence-corrected chi connectivity index (χ4v) is 2.71. The Morgan fingerprint density at radius 3 is 2.41 bits per heavy atom. The Labute approximate surface area is 126 Å². The molecule has 22 heavy (non-hydrogen) atoms. The van der Waals surface area contributed by atoms with Gasteiger partial charge in [0.25, 0.3) is 0 Å². The van der Waals surface area contributed by atoms with Crippen LogP contribution < -0.4 is 10.4 Å². The summed E-state index contributed by atoms with van der Waals surface area (Å²) < 4.78 is 0. The smallest absolute Gasteiger partial charge is 0.139 e. The van der Waals surface area contributed by atoms with E-state index in [1.807, 2.05) is 24.3 Å². The van der Waals surface area contributed by atoms with Crippen LogP contribution in [0.3, 0.4) is 0 Å². The topological polar surface area (TPSA) is 64.5 Å². The van der Waals surface area contributed by atoms with Crippen molar-refractivity contribution in [3.05, 3.63) is 71.8 Å². The summed E-state index contributed by atoms with van der Waals surface area (Å²) >= 11 is 0. The van der Waals surface area contributed by atoms with Crippen LogP contribution in [0.2, 0.25) is 0 Å². The monoisotopic (exact) mass is 287 g/mol. The van der Waals surface area contributed by atoms with E-state index in [0.717, 1.165) is 33.5 Å². The second-order valence-electron chi connectivity index (χ2n) is 5.13. The molecule has 1 heterocycles. The number of aliphatic imine (C=N–C) groups is 1. The molecule has 1 N–H and O–H groups in total. The predicted molar refractivity (Wildman–Crippen MR) is 84.5 cm³/mol. The number of nitrogens with one attached hydrogen (secondary N) is 1. The molecule has 1 aliphatic heterocycles. The van der Waals surface area contributed by atoms with E-state index >= 15 is 0 Å². The minimum Gasteiger partial charge on any atom is -0.545 e. The first-order valence-corrected chi connectivity index (χ1v) is 6.91. The molecule has 0 radical (unpaired) electrons. The standard InChI is InChI=1S/C18H12N2O2/c21-18(22)12-7-9-13(10-8-12)19-17-14-5-1-3-11-4-2-6-15(20-17)16(11)14/h1-10H,(H,19,20)(H,21,22)/p-1. The molecule has 1 aliphatic rings. The van der Waals surface area contributed by atoms with Crippen LogP contribution in [0.4, 0.5) is 11.4 Å². The third-order valence-electron chi connectivity index (χ3n) is 3.75. The third-order valence-corrected chi connectivity index (χ3v) is 3.75. The van der Waals surface area contributed by atoms with Crippen molar-refractivity contribution in [2.75, 3.05) is 5.32 Å². The number of benzene rings is 3. The molecule has 0 saturated carbocycles. The highest BCUT2D eigenvalue weighted by Gasteiger charge is 2.17. The Bertz CT molecular complexity index is 922. The lowest BCUT2D eigenvalue weighted by atomic mass is 10.0. The van der Waals surface area contributed by atoms with E-state index in [1.54, 1.807) is 12.1 Å². The number of rotatable bonds is 2. The molecule has 0 amide bonds.